The highest BCUT2D eigenvalue weighted by atomic mass is 16.5. The molecule has 0 saturated carbocycles. The average molecular weight is 257 g/mol. The lowest BCUT2D eigenvalue weighted by Gasteiger charge is -2.16. The second-order valence-corrected chi connectivity index (χ2v) is 5.27. The van der Waals surface area contributed by atoms with Crippen LogP contribution in [0.2, 0.25) is 0 Å². The largest absolute Gasteiger partial charge is 0.379 e. The second kappa shape index (κ2) is 10.8. The molecule has 1 saturated heterocycles. The summed E-state index contributed by atoms with van der Waals surface area (Å²) < 4.78 is 11.2. The van der Waals surface area contributed by atoms with E-state index in [-0.39, 0.29) is 0 Å². The average Bonchev–Trinajstić information content (AvgIpc) is 2.90. The van der Waals surface area contributed by atoms with Crippen LogP contribution in [0.25, 0.3) is 0 Å². The molecule has 18 heavy (non-hydrogen) atoms. The quantitative estimate of drug-likeness (QED) is 0.577. The highest BCUT2D eigenvalue weighted by molar-refractivity contribution is 4.65. The van der Waals surface area contributed by atoms with Gasteiger partial charge < -0.3 is 14.8 Å². The van der Waals surface area contributed by atoms with Gasteiger partial charge in [-0.15, -0.1) is 0 Å². The minimum absolute atomic E-state index is 0.367. The Labute approximate surface area is 113 Å². The fourth-order valence-electron chi connectivity index (χ4n) is 2.37. The van der Waals surface area contributed by atoms with E-state index in [4.69, 9.17) is 9.47 Å². The molecule has 0 aromatic rings. The third-order valence-electron chi connectivity index (χ3n) is 3.63. The molecule has 3 heteroatoms. The lowest BCUT2D eigenvalue weighted by molar-refractivity contribution is 0.0165. The van der Waals surface area contributed by atoms with E-state index in [2.05, 4.69) is 19.2 Å². The van der Waals surface area contributed by atoms with Crippen molar-refractivity contribution in [1.82, 2.24) is 5.32 Å². The summed E-state index contributed by atoms with van der Waals surface area (Å²) in [4.78, 5) is 0. The maximum Gasteiger partial charge on any atom is 0.0809 e. The van der Waals surface area contributed by atoms with Gasteiger partial charge in [0, 0.05) is 19.3 Å². The fraction of sp³-hybridized carbons (Fsp3) is 1.00. The van der Waals surface area contributed by atoms with E-state index < -0.39 is 0 Å². The fourth-order valence-corrected chi connectivity index (χ4v) is 2.37. The van der Waals surface area contributed by atoms with E-state index in [0.29, 0.717) is 12.1 Å². The summed E-state index contributed by atoms with van der Waals surface area (Å²) in [5, 5.41) is 3.62. The molecule has 108 valence electrons. The Kier molecular flexibility index (Phi) is 9.54. The van der Waals surface area contributed by atoms with E-state index in [9.17, 15) is 0 Å². The van der Waals surface area contributed by atoms with Crippen LogP contribution in [-0.2, 0) is 9.47 Å². The number of hydrogen-bond donors (Lipinski definition) is 1. The summed E-state index contributed by atoms with van der Waals surface area (Å²) in [5.41, 5.74) is 0. The summed E-state index contributed by atoms with van der Waals surface area (Å²) in [6, 6.07) is 0.697. The van der Waals surface area contributed by atoms with Gasteiger partial charge >= 0.3 is 0 Å². The first-order valence-electron chi connectivity index (χ1n) is 7.79. The van der Waals surface area contributed by atoms with Crippen LogP contribution in [-0.4, -0.2) is 38.5 Å². The molecule has 1 N–H and O–H groups in total. The third-order valence-corrected chi connectivity index (χ3v) is 3.63. The maximum absolute atomic E-state index is 5.65. The van der Waals surface area contributed by atoms with Gasteiger partial charge in [0.05, 0.1) is 12.7 Å². The summed E-state index contributed by atoms with van der Waals surface area (Å²) in [6.45, 7) is 8.16. The molecule has 1 heterocycles. The number of hydrogen-bond acceptors (Lipinski definition) is 3. The number of rotatable bonds is 11. The van der Waals surface area contributed by atoms with Crippen molar-refractivity contribution >= 4 is 0 Å². The molecule has 0 amide bonds. The predicted molar refractivity (Wildman–Crippen MR) is 76.0 cm³/mol. The van der Waals surface area contributed by atoms with E-state index in [0.717, 1.165) is 32.8 Å². The van der Waals surface area contributed by atoms with Crippen LogP contribution >= 0.6 is 0 Å². The van der Waals surface area contributed by atoms with Gasteiger partial charge in [0.1, 0.15) is 0 Å². The topological polar surface area (TPSA) is 30.5 Å². The molecule has 3 nitrogen and oxygen atoms in total. The lowest BCUT2D eigenvalue weighted by atomic mass is 10.1. The summed E-state index contributed by atoms with van der Waals surface area (Å²) in [5.74, 6) is 0. The van der Waals surface area contributed by atoms with Crippen molar-refractivity contribution in [3.05, 3.63) is 0 Å². The smallest absolute Gasteiger partial charge is 0.0809 e. The zero-order chi connectivity index (χ0) is 13.1. The summed E-state index contributed by atoms with van der Waals surface area (Å²) >= 11 is 0. The van der Waals surface area contributed by atoms with Crippen molar-refractivity contribution in [2.24, 2.45) is 0 Å². The van der Waals surface area contributed by atoms with Crippen LogP contribution in [0.5, 0.6) is 0 Å². The van der Waals surface area contributed by atoms with Crippen molar-refractivity contribution < 1.29 is 9.47 Å². The molecule has 1 aliphatic heterocycles. The normalized spacial score (nSPS) is 21.3. The standard InChI is InChI=1S/C15H31NO2/c1-3-5-8-14(4-2)16-10-7-11-17-13-15-9-6-12-18-15/h14-16H,3-13H2,1-2H3. The Hall–Kier alpha value is -0.120. The first-order valence-corrected chi connectivity index (χ1v) is 7.79. The van der Waals surface area contributed by atoms with Gasteiger partial charge in [-0.1, -0.05) is 26.7 Å². The maximum atomic E-state index is 5.65. The molecule has 0 spiro atoms. The lowest BCUT2D eigenvalue weighted by Crippen LogP contribution is -2.30. The molecule has 0 aromatic carbocycles. The number of nitrogens with one attached hydrogen (secondary N) is 1. The third kappa shape index (κ3) is 7.34. The molecule has 0 bridgehead atoms. The Morgan fingerprint density at radius 1 is 1.33 bits per heavy atom. The van der Waals surface area contributed by atoms with E-state index in [1.54, 1.807) is 0 Å². The van der Waals surface area contributed by atoms with Crippen LogP contribution in [0.15, 0.2) is 0 Å². The molecule has 1 rings (SSSR count). The first kappa shape index (κ1) is 15.9. The van der Waals surface area contributed by atoms with Crippen molar-refractivity contribution in [2.75, 3.05) is 26.4 Å². The van der Waals surface area contributed by atoms with Gasteiger partial charge in [-0.25, -0.2) is 0 Å². The molecule has 1 fully saturated rings. The highest BCUT2D eigenvalue weighted by Gasteiger charge is 2.14. The van der Waals surface area contributed by atoms with Crippen LogP contribution in [0.1, 0.15) is 58.8 Å². The van der Waals surface area contributed by atoms with Crippen molar-refractivity contribution in [2.45, 2.75) is 70.9 Å². The Morgan fingerprint density at radius 2 is 2.22 bits per heavy atom. The van der Waals surface area contributed by atoms with Crippen LogP contribution in [0.4, 0.5) is 0 Å². The molecule has 2 unspecified atom stereocenters. The van der Waals surface area contributed by atoms with Crippen molar-refractivity contribution in [3.8, 4) is 0 Å². The van der Waals surface area contributed by atoms with Crippen molar-refractivity contribution in [3.63, 3.8) is 0 Å². The van der Waals surface area contributed by atoms with Crippen LogP contribution < -0.4 is 5.32 Å². The number of unbranched alkanes of at least 4 members (excludes halogenated alkanes) is 1. The second-order valence-electron chi connectivity index (χ2n) is 5.27. The van der Waals surface area contributed by atoms with Gasteiger partial charge in [-0.3, -0.25) is 0 Å². The minimum atomic E-state index is 0.367. The van der Waals surface area contributed by atoms with E-state index in [1.165, 1.54) is 38.5 Å². The van der Waals surface area contributed by atoms with Gasteiger partial charge in [0.2, 0.25) is 0 Å². The summed E-state index contributed by atoms with van der Waals surface area (Å²) in [6.07, 6.45) is 9.02. The van der Waals surface area contributed by atoms with Crippen LogP contribution in [0.3, 0.4) is 0 Å². The molecular weight excluding hydrogens is 226 g/mol. The predicted octanol–water partition coefficient (Wildman–Crippen LogP) is 3.13. The first-order chi connectivity index (χ1) is 8.86. The van der Waals surface area contributed by atoms with E-state index in [1.807, 2.05) is 0 Å². The van der Waals surface area contributed by atoms with Crippen molar-refractivity contribution in [1.29, 1.82) is 0 Å². The van der Waals surface area contributed by atoms with Crippen LogP contribution in [0, 0.1) is 0 Å². The Morgan fingerprint density at radius 3 is 2.89 bits per heavy atom. The van der Waals surface area contributed by atoms with Gasteiger partial charge in [0.25, 0.3) is 0 Å². The molecule has 0 aromatic heterocycles. The van der Waals surface area contributed by atoms with E-state index >= 15 is 0 Å². The molecule has 0 aliphatic carbocycles. The minimum Gasteiger partial charge on any atom is -0.379 e. The Balaban J connectivity index is 1.87. The van der Waals surface area contributed by atoms with Gasteiger partial charge in [-0.2, -0.15) is 0 Å². The summed E-state index contributed by atoms with van der Waals surface area (Å²) in [7, 11) is 0. The molecule has 0 radical (unpaired) electrons. The number of ether oxygens (including phenoxy) is 2. The SMILES string of the molecule is CCCCC(CC)NCCCOCC1CCCO1. The Bertz CT molecular complexity index is 181. The monoisotopic (exact) mass is 257 g/mol. The van der Waals surface area contributed by atoms with Gasteiger partial charge in [-0.05, 0) is 38.6 Å². The highest BCUT2D eigenvalue weighted by Crippen LogP contribution is 2.11. The zero-order valence-electron chi connectivity index (χ0n) is 12.2. The molecule has 1 aliphatic rings. The van der Waals surface area contributed by atoms with Gasteiger partial charge in [0.15, 0.2) is 0 Å². The zero-order valence-corrected chi connectivity index (χ0v) is 12.2. The molecule has 2 atom stereocenters. The molecular formula is C15H31NO2.